The average Bonchev–Trinajstić information content (AvgIpc) is 3.67. The van der Waals surface area contributed by atoms with E-state index in [4.69, 9.17) is 4.98 Å². The highest BCUT2D eigenvalue weighted by atomic mass is 16.2. The van der Waals surface area contributed by atoms with Gasteiger partial charge in [-0.2, -0.15) is 4.98 Å². The Labute approximate surface area is 217 Å². The standard InChI is InChI=1S/C28H36N8O/c1-34(2)27(37)24-11-20-13-30-28(33-26(20)36(24)23-10-17-3-5-19(23)9-17)32-25-8-4-18(12-29-25)14-35-15-21-6-7-22(16-35)31-21/h4,8,11-13,17,19,21-23,31H,3,5-7,9-10,14-16H2,1-2H3,(H,29,30,32,33)/t17-,19+,21?,22?,23+/m0/s1. The summed E-state index contributed by atoms with van der Waals surface area (Å²) in [6.07, 6.45) is 11.3. The summed E-state index contributed by atoms with van der Waals surface area (Å²) in [7, 11) is 3.62. The van der Waals surface area contributed by atoms with Gasteiger partial charge in [0.05, 0.1) is 0 Å². The fourth-order valence-electron chi connectivity index (χ4n) is 7.31. The molecule has 3 aromatic heterocycles. The number of pyridine rings is 1. The van der Waals surface area contributed by atoms with Crippen LogP contribution in [0.4, 0.5) is 11.8 Å². The Hall–Kier alpha value is -3.04. The van der Waals surface area contributed by atoms with Gasteiger partial charge in [-0.05, 0) is 61.6 Å². The maximum atomic E-state index is 13.1. The second-order valence-corrected chi connectivity index (χ2v) is 11.8. The van der Waals surface area contributed by atoms with Crippen LogP contribution in [0, 0.1) is 11.8 Å². The summed E-state index contributed by atoms with van der Waals surface area (Å²) in [5.74, 6) is 2.66. The molecule has 4 aliphatic rings. The minimum atomic E-state index is 0.0185. The molecule has 2 aliphatic heterocycles. The summed E-state index contributed by atoms with van der Waals surface area (Å²) in [6.45, 7) is 3.17. The third-order valence-corrected chi connectivity index (χ3v) is 9.00. The van der Waals surface area contributed by atoms with Crippen LogP contribution < -0.4 is 10.6 Å². The summed E-state index contributed by atoms with van der Waals surface area (Å²) in [4.78, 5) is 31.4. The molecule has 194 valence electrons. The number of hydrogen-bond acceptors (Lipinski definition) is 7. The molecule has 2 unspecified atom stereocenters. The quantitative estimate of drug-likeness (QED) is 0.535. The maximum Gasteiger partial charge on any atom is 0.270 e. The number of aromatic nitrogens is 4. The molecule has 37 heavy (non-hydrogen) atoms. The van der Waals surface area contributed by atoms with E-state index >= 15 is 0 Å². The van der Waals surface area contributed by atoms with E-state index in [9.17, 15) is 4.79 Å². The van der Waals surface area contributed by atoms with Crippen LogP contribution in [-0.2, 0) is 6.54 Å². The predicted molar refractivity (Wildman–Crippen MR) is 143 cm³/mol. The molecular formula is C28H36N8O. The van der Waals surface area contributed by atoms with Crippen molar-refractivity contribution in [1.29, 1.82) is 0 Å². The molecule has 4 bridgehead atoms. The van der Waals surface area contributed by atoms with Gasteiger partial charge in [0.15, 0.2) is 0 Å². The van der Waals surface area contributed by atoms with Crippen LogP contribution in [0.25, 0.3) is 11.0 Å². The molecule has 2 aliphatic carbocycles. The van der Waals surface area contributed by atoms with Gasteiger partial charge < -0.3 is 20.1 Å². The van der Waals surface area contributed by atoms with Gasteiger partial charge in [0.1, 0.15) is 17.2 Å². The van der Waals surface area contributed by atoms with Gasteiger partial charge in [0.2, 0.25) is 5.95 Å². The lowest BCUT2D eigenvalue weighted by Crippen LogP contribution is -2.50. The molecule has 4 fully saturated rings. The molecule has 9 heteroatoms. The Bertz CT molecular complexity index is 1310. The number of hydrogen-bond donors (Lipinski definition) is 2. The summed E-state index contributed by atoms with van der Waals surface area (Å²) in [5, 5.41) is 7.90. The molecule has 2 N–H and O–H groups in total. The largest absolute Gasteiger partial charge is 0.343 e. The van der Waals surface area contributed by atoms with E-state index in [0.717, 1.165) is 48.8 Å². The van der Waals surface area contributed by atoms with E-state index in [-0.39, 0.29) is 5.91 Å². The first-order chi connectivity index (χ1) is 18.0. The van der Waals surface area contributed by atoms with E-state index in [1.807, 2.05) is 38.6 Å². The Morgan fingerprint density at radius 2 is 1.92 bits per heavy atom. The number of fused-ring (bicyclic) bond motifs is 5. The molecule has 1 amide bonds. The van der Waals surface area contributed by atoms with Crippen LogP contribution in [0.3, 0.4) is 0 Å². The maximum absolute atomic E-state index is 13.1. The number of likely N-dealkylation sites (tertiary alicyclic amines) is 1. The van der Waals surface area contributed by atoms with Crippen molar-refractivity contribution < 1.29 is 4.79 Å². The fourth-order valence-corrected chi connectivity index (χ4v) is 7.31. The lowest BCUT2D eigenvalue weighted by molar-refractivity contribution is 0.0813. The predicted octanol–water partition coefficient (Wildman–Crippen LogP) is 3.57. The normalized spacial score (nSPS) is 28.8. The van der Waals surface area contributed by atoms with Crippen LogP contribution >= 0.6 is 0 Å². The second-order valence-electron chi connectivity index (χ2n) is 11.8. The zero-order valence-electron chi connectivity index (χ0n) is 21.7. The van der Waals surface area contributed by atoms with Gasteiger partial charge in [-0.15, -0.1) is 0 Å². The van der Waals surface area contributed by atoms with Gasteiger partial charge in [-0.1, -0.05) is 12.5 Å². The van der Waals surface area contributed by atoms with Crippen LogP contribution in [0.2, 0.25) is 0 Å². The van der Waals surface area contributed by atoms with E-state index in [2.05, 4.69) is 36.1 Å². The van der Waals surface area contributed by atoms with E-state index in [0.29, 0.717) is 35.7 Å². The zero-order chi connectivity index (χ0) is 25.1. The minimum Gasteiger partial charge on any atom is -0.343 e. The van der Waals surface area contributed by atoms with Gasteiger partial charge >= 0.3 is 0 Å². The van der Waals surface area contributed by atoms with Crippen molar-refractivity contribution in [2.75, 3.05) is 32.5 Å². The fraction of sp³-hybridized carbons (Fsp3) is 0.571. The Kier molecular flexibility index (Phi) is 5.66. The molecule has 0 radical (unpaired) electrons. The van der Waals surface area contributed by atoms with Gasteiger partial charge in [-0.3, -0.25) is 9.69 Å². The monoisotopic (exact) mass is 500 g/mol. The molecule has 0 aromatic carbocycles. The smallest absolute Gasteiger partial charge is 0.270 e. The number of rotatable bonds is 6. The number of nitrogens with one attached hydrogen (secondary N) is 2. The molecule has 2 saturated carbocycles. The number of anilines is 2. The van der Waals surface area contributed by atoms with Crippen molar-refractivity contribution in [2.45, 2.75) is 63.2 Å². The Morgan fingerprint density at radius 1 is 1.08 bits per heavy atom. The van der Waals surface area contributed by atoms with Gasteiger partial charge in [0, 0.05) is 69.6 Å². The molecule has 5 atom stereocenters. The van der Waals surface area contributed by atoms with Crippen molar-refractivity contribution in [3.63, 3.8) is 0 Å². The van der Waals surface area contributed by atoms with E-state index in [1.54, 1.807) is 4.90 Å². The Morgan fingerprint density at radius 3 is 2.59 bits per heavy atom. The SMILES string of the molecule is CN(C)C(=O)c1cc2cnc(Nc3ccc(CN4CC5CCC(C4)N5)cn3)nc2n1[C@@H]1C[C@H]2CC[C@@H]1C2. The van der Waals surface area contributed by atoms with E-state index < -0.39 is 0 Å². The third-order valence-electron chi connectivity index (χ3n) is 9.00. The number of piperazine rings is 1. The Balaban J connectivity index is 1.13. The highest BCUT2D eigenvalue weighted by molar-refractivity contribution is 5.98. The van der Waals surface area contributed by atoms with Crippen LogP contribution in [-0.4, -0.2) is 74.5 Å². The lowest BCUT2D eigenvalue weighted by atomic mass is 9.95. The van der Waals surface area contributed by atoms with Gasteiger partial charge in [-0.25, -0.2) is 9.97 Å². The molecule has 2 saturated heterocycles. The zero-order valence-corrected chi connectivity index (χ0v) is 21.7. The molecular weight excluding hydrogens is 464 g/mol. The summed E-state index contributed by atoms with van der Waals surface area (Å²) < 4.78 is 2.21. The van der Waals surface area contributed by atoms with Crippen molar-refractivity contribution in [3.05, 3.63) is 41.9 Å². The minimum absolute atomic E-state index is 0.0185. The molecule has 0 spiro atoms. The summed E-state index contributed by atoms with van der Waals surface area (Å²) >= 11 is 0. The van der Waals surface area contributed by atoms with Crippen LogP contribution in [0.1, 0.15) is 60.6 Å². The van der Waals surface area contributed by atoms with E-state index in [1.165, 1.54) is 37.7 Å². The third kappa shape index (κ3) is 4.28. The molecule has 5 heterocycles. The topological polar surface area (TPSA) is 91.2 Å². The second kappa shape index (κ2) is 9.06. The highest BCUT2D eigenvalue weighted by Gasteiger charge is 2.42. The summed E-state index contributed by atoms with van der Waals surface area (Å²) in [6, 6.07) is 7.73. The summed E-state index contributed by atoms with van der Waals surface area (Å²) in [5.41, 5.74) is 2.78. The number of amides is 1. The number of carbonyl (C=O) groups excluding carboxylic acids is 1. The van der Waals surface area contributed by atoms with Gasteiger partial charge in [0.25, 0.3) is 5.91 Å². The first-order valence-electron chi connectivity index (χ1n) is 13.8. The molecule has 9 nitrogen and oxygen atoms in total. The number of carbonyl (C=O) groups is 1. The number of nitrogens with zero attached hydrogens (tertiary/aromatic N) is 6. The first-order valence-corrected chi connectivity index (χ1v) is 13.8. The average molecular weight is 501 g/mol. The van der Waals surface area contributed by atoms with Crippen molar-refractivity contribution >= 4 is 28.7 Å². The van der Waals surface area contributed by atoms with Crippen LogP contribution in [0.15, 0.2) is 30.6 Å². The van der Waals surface area contributed by atoms with Crippen molar-refractivity contribution in [3.8, 4) is 0 Å². The molecule has 3 aromatic rings. The first kappa shape index (κ1) is 23.1. The van der Waals surface area contributed by atoms with Crippen LogP contribution in [0.5, 0.6) is 0 Å². The molecule has 7 rings (SSSR count). The van der Waals surface area contributed by atoms with Crippen molar-refractivity contribution in [2.24, 2.45) is 11.8 Å². The lowest BCUT2D eigenvalue weighted by Gasteiger charge is -2.32. The highest BCUT2D eigenvalue weighted by Crippen LogP contribution is 2.52. The van der Waals surface area contributed by atoms with Crippen molar-refractivity contribution in [1.82, 2.24) is 34.6 Å².